The molecular weight excluding hydrogens is 238 g/mol. The Morgan fingerprint density at radius 1 is 0.895 bits per heavy atom. The predicted molar refractivity (Wildman–Crippen MR) is 77.6 cm³/mol. The van der Waals surface area contributed by atoms with Gasteiger partial charge in [0.05, 0.1) is 13.7 Å². The van der Waals surface area contributed by atoms with Crippen molar-refractivity contribution in [3.63, 3.8) is 0 Å². The maximum Gasteiger partial charge on any atom is 0.127 e. The molecule has 0 unspecified atom stereocenters. The molecule has 0 amide bonds. The van der Waals surface area contributed by atoms with Gasteiger partial charge < -0.3 is 15.2 Å². The zero-order valence-corrected chi connectivity index (χ0v) is 11.1. The lowest BCUT2D eigenvalue weighted by atomic mass is 10.0. The van der Waals surface area contributed by atoms with Gasteiger partial charge in [0, 0.05) is 11.1 Å². The summed E-state index contributed by atoms with van der Waals surface area (Å²) in [6, 6.07) is 15.9. The molecule has 0 spiro atoms. The number of nitrogens with two attached hydrogens (primary N) is 1. The first kappa shape index (κ1) is 13.4. The molecule has 3 nitrogen and oxygen atoms in total. The molecule has 0 aliphatic rings. The van der Waals surface area contributed by atoms with Crippen LogP contribution >= 0.6 is 0 Å². The third-order valence-electron chi connectivity index (χ3n) is 2.89. The fraction of sp³-hybridized carbons (Fsp3) is 0.250. The molecule has 100 valence electrons. The minimum absolute atomic E-state index is 0.628. The van der Waals surface area contributed by atoms with Gasteiger partial charge in [0.1, 0.15) is 11.5 Å². The fourth-order valence-corrected chi connectivity index (χ4v) is 1.95. The number of rotatable bonds is 6. The highest BCUT2D eigenvalue weighted by molar-refractivity contribution is 5.75. The van der Waals surface area contributed by atoms with Crippen LogP contribution in [0.15, 0.2) is 48.5 Å². The van der Waals surface area contributed by atoms with Gasteiger partial charge in [0.2, 0.25) is 0 Å². The Kier molecular flexibility index (Phi) is 4.81. The van der Waals surface area contributed by atoms with E-state index in [-0.39, 0.29) is 0 Å². The van der Waals surface area contributed by atoms with E-state index in [4.69, 9.17) is 15.2 Å². The van der Waals surface area contributed by atoms with Crippen LogP contribution in [0.4, 0.5) is 0 Å². The highest BCUT2D eigenvalue weighted by Crippen LogP contribution is 2.35. The van der Waals surface area contributed by atoms with Crippen molar-refractivity contribution >= 4 is 0 Å². The second-order valence-corrected chi connectivity index (χ2v) is 4.19. The van der Waals surface area contributed by atoms with Gasteiger partial charge in [-0.2, -0.15) is 0 Å². The van der Waals surface area contributed by atoms with Crippen LogP contribution in [-0.4, -0.2) is 20.3 Å². The monoisotopic (exact) mass is 257 g/mol. The quantitative estimate of drug-likeness (QED) is 0.809. The summed E-state index contributed by atoms with van der Waals surface area (Å²) < 4.78 is 11.2. The standard InChI is InChI=1S/C16H19NO2/c1-18-15-9-4-2-7-13(15)14-8-3-5-10-16(14)19-12-6-11-17/h2-5,7-10H,6,11-12,17H2,1H3. The lowest BCUT2D eigenvalue weighted by molar-refractivity contribution is 0.314. The molecule has 2 aromatic rings. The first-order valence-electron chi connectivity index (χ1n) is 6.42. The largest absolute Gasteiger partial charge is 0.496 e. The van der Waals surface area contributed by atoms with Gasteiger partial charge in [-0.1, -0.05) is 36.4 Å². The maximum absolute atomic E-state index is 5.80. The van der Waals surface area contributed by atoms with Crippen LogP contribution in [0.5, 0.6) is 11.5 Å². The number of methoxy groups -OCH3 is 1. The van der Waals surface area contributed by atoms with Crippen molar-refractivity contribution in [3.8, 4) is 22.6 Å². The molecule has 0 radical (unpaired) electrons. The van der Waals surface area contributed by atoms with Crippen LogP contribution in [0, 0.1) is 0 Å². The first-order valence-corrected chi connectivity index (χ1v) is 6.42. The van der Waals surface area contributed by atoms with Crippen LogP contribution in [0.25, 0.3) is 11.1 Å². The number of hydrogen-bond acceptors (Lipinski definition) is 3. The van der Waals surface area contributed by atoms with E-state index in [1.807, 2.05) is 48.5 Å². The molecule has 0 heterocycles. The first-order chi connectivity index (χ1) is 9.36. The van der Waals surface area contributed by atoms with Crippen LogP contribution in [0.1, 0.15) is 6.42 Å². The van der Waals surface area contributed by atoms with Crippen molar-refractivity contribution in [3.05, 3.63) is 48.5 Å². The van der Waals surface area contributed by atoms with Gasteiger partial charge in [-0.15, -0.1) is 0 Å². The molecule has 0 aliphatic carbocycles. The third kappa shape index (κ3) is 3.26. The zero-order valence-electron chi connectivity index (χ0n) is 11.1. The van der Waals surface area contributed by atoms with Crippen molar-refractivity contribution in [1.29, 1.82) is 0 Å². The molecule has 0 aromatic heterocycles. The van der Waals surface area contributed by atoms with E-state index in [1.165, 1.54) is 0 Å². The van der Waals surface area contributed by atoms with Crippen LogP contribution < -0.4 is 15.2 Å². The van der Waals surface area contributed by atoms with E-state index < -0.39 is 0 Å². The number of para-hydroxylation sites is 2. The summed E-state index contributed by atoms with van der Waals surface area (Å²) in [4.78, 5) is 0. The van der Waals surface area contributed by atoms with E-state index >= 15 is 0 Å². The average molecular weight is 257 g/mol. The highest BCUT2D eigenvalue weighted by Gasteiger charge is 2.10. The molecular formula is C16H19NO2. The van der Waals surface area contributed by atoms with Gasteiger partial charge in [-0.25, -0.2) is 0 Å². The van der Waals surface area contributed by atoms with E-state index in [0.29, 0.717) is 13.2 Å². The second-order valence-electron chi connectivity index (χ2n) is 4.19. The number of benzene rings is 2. The van der Waals surface area contributed by atoms with Crippen LogP contribution in [0.2, 0.25) is 0 Å². The Balaban J connectivity index is 2.33. The van der Waals surface area contributed by atoms with Crippen molar-refractivity contribution in [2.24, 2.45) is 5.73 Å². The van der Waals surface area contributed by atoms with Gasteiger partial charge in [-0.3, -0.25) is 0 Å². The molecule has 0 fully saturated rings. The Morgan fingerprint density at radius 3 is 2.11 bits per heavy atom. The molecule has 0 saturated carbocycles. The second kappa shape index (κ2) is 6.81. The highest BCUT2D eigenvalue weighted by atomic mass is 16.5. The molecule has 0 saturated heterocycles. The van der Waals surface area contributed by atoms with Crippen molar-refractivity contribution in [1.82, 2.24) is 0 Å². The summed E-state index contributed by atoms with van der Waals surface area (Å²) in [6.07, 6.45) is 0.847. The normalized spacial score (nSPS) is 10.2. The Labute approximate surface area is 114 Å². The van der Waals surface area contributed by atoms with Gasteiger partial charge in [-0.05, 0) is 25.1 Å². The van der Waals surface area contributed by atoms with E-state index in [2.05, 4.69) is 0 Å². The van der Waals surface area contributed by atoms with Gasteiger partial charge >= 0.3 is 0 Å². The molecule has 0 bridgehead atoms. The minimum atomic E-state index is 0.628. The summed E-state index contributed by atoms with van der Waals surface area (Å²) in [7, 11) is 1.68. The molecule has 19 heavy (non-hydrogen) atoms. The Bertz CT molecular complexity index is 526. The number of ether oxygens (including phenoxy) is 2. The topological polar surface area (TPSA) is 44.5 Å². The molecule has 0 atom stereocenters. The lowest BCUT2D eigenvalue weighted by Gasteiger charge is -2.13. The summed E-state index contributed by atoms with van der Waals surface area (Å²) in [5.74, 6) is 1.71. The number of hydrogen-bond donors (Lipinski definition) is 1. The van der Waals surface area contributed by atoms with Gasteiger partial charge in [0.15, 0.2) is 0 Å². The summed E-state index contributed by atoms with van der Waals surface area (Å²) in [5, 5.41) is 0. The smallest absolute Gasteiger partial charge is 0.127 e. The van der Waals surface area contributed by atoms with Crippen molar-refractivity contribution in [2.75, 3.05) is 20.3 Å². The van der Waals surface area contributed by atoms with Crippen molar-refractivity contribution < 1.29 is 9.47 Å². The summed E-state index contributed by atoms with van der Waals surface area (Å²) in [5.41, 5.74) is 7.56. The van der Waals surface area contributed by atoms with E-state index in [1.54, 1.807) is 7.11 Å². The summed E-state index contributed by atoms with van der Waals surface area (Å²) >= 11 is 0. The Hall–Kier alpha value is -2.00. The van der Waals surface area contributed by atoms with Crippen LogP contribution in [0.3, 0.4) is 0 Å². The maximum atomic E-state index is 5.80. The third-order valence-corrected chi connectivity index (χ3v) is 2.89. The van der Waals surface area contributed by atoms with Crippen LogP contribution in [-0.2, 0) is 0 Å². The van der Waals surface area contributed by atoms with E-state index in [0.717, 1.165) is 29.0 Å². The van der Waals surface area contributed by atoms with E-state index in [9.17, 15) is 0 Å². The van der Waals surface area contributed by atoms with Gasteiger partial charge in [0.25, 0.3) is 0 Å². The molecule has 2 N–H and O–H groups in total. The minimum Gasteiger partial charge on any atom is -0.496 e. The molecule has 0 aliphatic heterocycles. The zero-order chi connectivity index (χ0) is 13.5. The summed E-state index contributed by atoms with van der Waals surface area (Å²) in [6.45, 7) is 1.26. The molecule has 2 aromatic carbocycles. The Morgan fingerprint density at radius 2 is 1.47 bits per heavy atom. The lowest BCUT2D eigenvalue weighted by Crippen LogP contribution is -2.06. The molecule has 3 heteroatoms. The predicted octanol–water partition coefficient (Wildman–Crippen LogP) is 3.09. The fourth-order valence-electron chi connectivity index (χ4n) is 1.95. The SMILES string of the molecule is COc1ccccc1-c1ccccc1OCCCN. The average Bonchev–Trinajstić information content (AvgIpc) is 2.48. The molecule has 2 rings (SSSR count). The van der Waals surface area contributed by atoms with Crippen molar-refractivity contribution in [2.45, 2.75) is 6.42 Å².